The summed E-state index contributed by atoms with van der Waals surface area (Å²) in [6, 6.07) is 4.43. The van der Waals surface area contributed by atoms with Crippen LogP contribution in [0.25, 0.3) is 0 Å². The Balaban J connectivity index is 2.09. The number of piperidine rings is 1. The lowest BCUT2D eigenvalue weighted by Gasteiger charge is -2.44. The van der Waals surface area contributed by atoms with Crippen molar-refractivity contribution in [2.45, 2.75) is 65.0 Å². The molecule has 0 spiro atoms. The molecule has 1 aliphatic rings. The van der Waals surface area contributed by atoms with Crippen LogP contribution in [0, 0.1) is 5.41 Å². The Morgan fingerprint density at radius 2 is 1.90 bits per heavy atom. The molecular weight excluding hydrogens is 248 g/mol. The zero-order chi connectivity index (χ0) is 14.6. The summed E-state index contributed by atoms with van der Waals surface area (Å²) >= 11 is 0. The molecule has 0 radical (unpaired) electrons. The van der Waals surface area contributed by atoms with E-state index in [4.69, 9.17) is 10.2 Å². The molecule has 0 bridgehead atoms. The van der Waals surface area contributed by atoms with E-state index >= 15 is 0 Å². The highest BCUT2D eigenvalue weighted by Crippen LogP contribution is 2.40. The Morgan fingerprint density at radius 3 is 2.35 bits per heavy atom. The zero-order valence-corrected chi connectivity index (χ0v) is 13.3. The van der Waals surface area contributed by atoms with Gasteiger partial charge in [0.2, 0.25) is 0 Å². The van der Waals surface area contributed by atoms with Gasteiger partial charge in [-0.25, -0.2) is 0 Å². The number of hydrogen-bond acceptors (Lipinski definition) is 3. The summed E-state index contributed by atoms with van der Waals surface area (Å²) in [7, 11) is 0. The first-order chi connectivity index (χ1) is 9.65. The van der Waals surface area contributed by atoms with Crippen molar-refractivity contribution in [2.75, 3.05) is 13.1 Å². The Bertz CT molecular complexity index is 374. The molecule has 20 heavy (non-hydrogen) atoms. The lowest BCUT2D eigenvalue weighted by atomic mass is 9.73. The number of nitrogens with zero attached hydrogens (tertiary/aromatic N) is 1. The summed E-state index contributed by atoms with van der Waals surface area (Å²) < 4.78 is 5.65. The fourth-order valence-electron chi connectivity index (χ4n) is 3.58. The average molecular weight is 278 g/mol. The van der Waals surface area contributed by atoms with Crippen LogP contribution in [0.4, 0.5) is 0 Å². The molecule has 2 unspecified atom stereocenters. The van der Waals surface area contributed by atoms with Gasteiger partial charge < -0.3 is 10.2 Å². The van der Waals surface area contributed by atoms with Gasteiger partial charge in [-0.2, -0.15) is 0 Å². The van der Waals surface area contributed by atoms with Gasteiger partial charge in [-0.15, -0.1) is 0 Å². The number of rotatable bonds is 6. The van der Waals surface area contributed by atoms with Crippen LogP contribution in [0.3, 0.4) is 0 Å². The minimum absolute atomic E-state index is 0.150. The summed E-state index contributed by atoms with van der Waals surface area (Å²) in [4.78, 5) is 2.54. The third kappa shape index (κ3) is 3.09. The molecule has 1 fully saturated rings. The van der Waals surface area contributed by atoms with Crippen molar-refractivity contribution >= 4 is 0 Å². The van der Waals surface area contributed by atoms with Crippen molar-refractivity contribution in [1.82, 2.24) is 4.90 Å². The summed E-state index contributed by atoms with van der Waals surface area (Å²) in [6.45, 7) is 9.11. The monoisotopic (exact) mass is 278 g/mol. The Hall–Kier alpha value is -0.800. The standard InChI is InChI=1S/C17H30N2O/c1-4-14(18)16(15-8-7-13-20-15)19-11-9-17(5-2,6-3)10-12-19/h7-8,13-14,16H,4-6,9-12,18H2,1-3H3. The second-order valence-corrected chi connectivity index (χ2v) is 6.28. The molecule has 1 aliphatic heterocycles. The first-order valence-electron chi connectivity index (χ1n) is 8.18. The van der Waals surface area contributed by atoms with E-state index in [0.717, 1.165) is 25.3 Å². The molecule has 3 heteroatoms. The first-order valence-corrected chi connectivity index (χ1v) is 8.18. The summed E-state index contributed by atoms with van der Waals surface area (Å²) in [5.41, 5.74) is 6.93. The van der Waals surface area contributed by atoms with Crippen LogP contribution in [0.2, 0.25) is 0 Å². The van der Waals surface area contributed by atoms with Crippen LogP contribution in [-0.2, 0) is 0 Å². The minimum Gasteiger partial charge on any atom is -0.468 e. The van der Waals surface area contributed by atoms with Crippen LogP contribution in [0.15, 0.2) is 22.8 Å². The van der Waals surface area contributed by atoms with E-state index in [0.29, 0.717) is 5.41 Å². The predicted molar refractivity (Wildman–Crippen MR) is 83.5 cm³/mol. The SMILES string of the molecule is CCC(N)C(c1ccco1)N1CCC(CC)(CC)CC1. The van der Waals surface area contributed by atoms with Gasteiger partial charge in [0, 0.05) is 6.04 Å². The van der Waals surface area contributed by atoms with Crippen molar-refractivity contribution in [1.29, 1.82) is 0 Å². The van der Waals surface area contributed by atoms with E-state index in [2.05, 4.69) is 31.7 Å². The highest BCUT2D eigenvalue weighted by Gasteiger charge is 2.36. The van der Waals surface area contributed by atoms with E-state index in [1.165, 1.54) is 25.7 Å². The first kappa shape index (κ1) is 15.6. The van der Waals surface area contributed by atoms with Crippen LogP contribution >= 0.6 is 0 Å². The van der Waals surface area contributed by atoms with Crippen LogP contribution < -0.4 is 5.73 Å². The highest BCUT2D eigenvalue weighted by molar-refractivity contribution is 5.08. The zero-order valence-electron chi connectivity index (χ0n) is 13.3. The maximum atomic E-state index is 6.37. The second kappa shape index (κ2) is 6.77. The quantitative estimate of drug-likeness (QED) is 0.856. The van der Waals surface area contributed by atoms with Gasteiger partial charge in [-0.05, 0) is 49.9 Å². The Kier molecular flexibility index (Phi) is 5.28. The van der Waals surface area contributed by atoms with Crippen molar-refractivity contribution in [3.05, 3.63) is 24.2 Å². The molecule has 1 aromatic rings. The van der Waals surface area contributed by atoms with Crippen molar-refractivity contribution in [3.63, 3.8) is 0 Å². The van der Waals surface area contributed by atoms with Crippen molar-refractivity contribution < 1.29 is 4.42 Å². The minimum atomic E-state index is 0.150. The van der Waals surface area contributed by atoms with Crippen LogP contribution in [0.5, 0.6) is 0 Å². The van der Waals surface area contributed by atoms with Gasteiger partial charge in [-0.1, -0.05) is 33.6 Å². The van der Waals surface area contributed by atoms with E-state index in [-0.39, 0.29) is 12.1 Å². The molecule has 2 rings (SSSR count). The van der Waals surface area contributed by atoms with E-state index < -0.39 is 0 Å². The Labute approximate surface area is 123 Å². The van der Waals surface area contributed by atoms with Crippen LogP contribution in [-0.4, -0.2) is 24.0 Å². The van der Waals surface area contributed by atoms with Gasteiger partial charge in [0.15, 0.2) is 0 Å². The van der Waals surface area contributed by atoms with Gasteiger partial charge in [0.05, 0.1) is 12.3 Å². The maximum Gasteiger partial charge on any atom is 0.122 e. The molecule has 0 aromatic carbocycles. The molecule has 0 saturated carbocycles. The fraction of sp³-hybridized carbons (Fsp3) is 0.765. The predicted octanol–water partition coefficient (Wildman–Crippen LogP) is 3.96. The van der Waals surface area contributed by atoms with E-state index in [9.17, 15) is 0 Å². The largest absolute Gasteiger partial charge is 0.468 e. The normalized spacial score (nSPS) is 22.6. The van der Waals surface area contributed by atoms with Crippen LogP contribution in [0.1, 0.15) is 64.7 Å². The van der Waals surface area contributed by atoms with Crippen molar-refractivity contribution in [2.24, 2.45) is 11.1 Å². The fourth-order valence-corrected chi connectivity index (χ4v) is 3.58. The molecule has 0 aliphatic carbocycles. The van der Waals surface area contributed by atoms with Gasteiger partial charge in [0.1, 0.15) is 5.76 Å². The van der Waals surface area contributed by atoms with Gasteiger partial charge in [-0.3, -0.25) is 4.90 Å². The number of furan rings is 1. The third-order valence-corrected chi connectivity index (χ3v) is 5.46. The molecule has 2 atom stereocenters. The molecule has 114 valence electrons. The number of hydrogen-bond donors (Lipinski definition) is 1. The average Bonchev–Trinajstić information content (AvgIpc) is 3.02. The number of likely N-dealkylation sites (tertiary alicyclic amines) is 1. The lowest BCUT2D eigenvalue weighted by Crippen LogP contribution is -2.47. The second-order valence-electron chi connectivity index (χ2n) is 6.28. The highest BCUT2D eigenvalue weighted by atomic mass is 16.3. The summed E-state index contributed by atoms with van der Waals surface area (Å²) in [6.07, 6.45) is 7.90. The topological polar surface area (TPSA) is 42.4 Å². The number of nitrogens with two attached hydrogens (primary N) is 1. The molecule has 2 N–H and O–H groups in total. The molecule has 0 amide bonds. The third-order valence-electron chi connectivity index (χ3n) is 5.46. The Morgan fingerprint density at radius 1 is 1.25 bits per heavy atom. The van der Waals surface area contributed by atoms with E-state index in [1.807, 2.05) is 6.07 Å². The maximum absolute atomic E-state index is 6.37. The molecule has 2 heterocycles. The summed E-state index contributed by atoms with van der Waals surface area (Å²) in [5, 5.41) is 0. The lowest BCUT2D eigenvalue weighted by molar-refractivity contribution is 0.0485. The molecule has 1 saturated heterocycles. The molecular formula is C17H30N2O. The molecule has 1 aromatic heterocycles. The smallest absolute Gasteiger partial charge is 0.122 e. The van der Waals surface area contributed by atoms with Crippen molar-refractivity contribution in [3.8, 4) is 0 Å². The van der Waals surface area contributed by atoms with Gasteiger partial charge in [0.25, 0.3) is 0 Å². The molecule has 3 nitrogen and oxygen atoms in total. The van der Waals surface area contributed by atoms with Gasteiger partial charge >= 0.3 is 0 Å². The van der Waals surface area contributed by atoms with E-state index in [1.54, 1.807) is 6.26 Å². The summed E-state index contributed by atoms with van der Waals surface area (Å²) in [5.74, 6) is 1.03.